The molecule has 0 aromatic carbocycles. The van der Waals surface area contributed by atoms with Crippen molar-refractivity contribution in [2.75, 3.05) is 7.11 Å². The van der Waals surface area contributed by atoms with Crippen LogP contribution in [-0.4, -0.2) is 41.6 Å². The maximum atomic E-state index is 14.1. The normalized spacial score (nSPS) is 53.1. The number of allylic oxidation sites excluding steroid dienone is 2. The van der Waals surface area contributed by atoms with E-state index in [1.807, 2.05) is 13.8 Å². The number of ketones is 1. The number of rotatable bonds is 1. The Bertz CT molecular complexity index is 1390. The van der Waals surface area contributed by atoms with Crippen molar-refractivity contribution in [1.82, 2.24) is 0 Å². The first-order valence-corrected chi connectivity index (χ1v) is 13.8. The number of fused-ring (bicyclic) bond motifs is 7. The number of ether oxygens (including phenoxy) is 2. The van der Waals surface area contributed by atoms with Gasteiger partial charge in [-0.1, -0.05) is 31.6 Å². The smallest absolute Gasteiger partial charge is 0.334 e. The lowest BCUT2D eigenvalue weighted by molar-refractivity contribution is -0.175. The highest BCUT2D eigenvalue weighted by atomic mass is 16.6. The Labute approximate surface area is 216 Å². The van der Waals surface area contributed by atoms with Crippen LogP contribution < -0.4 is 0 Å². The van der Waals surface area contributed by atoms with Crippen molar-refractivity contribution in [2.24, 2.45) is 52.3 Å². The van der Waals surface area contributed by atoms with Gasteiger partial charge < -0.3 is 14.6 Å². The first-order chi connectivity index (χ1) is 17.4. The van der Waals surface area contributed by atoms with E-state index in [0.717, 1.165) is 30.4 Å². The Morgan fingerprint density at radius 3 is 2.54 bits per heavy atom. The summed E-state index contributed by atoms with van der Waals surface area (Å²) in [6, 6.07) is 0. The summed E-state index contributed by atoms with van der Waals surface area (Å²) in [6.07, 6.45) is 2.43. The second-order valence-electron chi connectivity index (χ2n) is 13.6. The molecule has 5 fully saturated rings. The Hall–Kier alpha value is -2.47. The van der Waals surface area contributed by atoms with Crippen LogP contribution in [0.15, 0.2) is 45.6 Å². The van der Waals surface area contributed by atoms with E-state index < -0.39 is 34.8 Å². The standard InChI is InChI=1S/C31H34O6/c1-11-14-7-19(14)29(4)17(11)10-18-12(2)28(35)37-31(18)21(29)9-16-15-8-20(15)30(5)23(16)24(31)22(25(32)26(30)33)13(3)27(34)36-6/h14-15,17,19-21,24,26,33H,1,7-10H2,2-6H3/t14-,15-,17+,19-,20-,21+,24+,26+,29-,30+,31+/m1/s1. The quantitative estimate of drug-likeness (QED) is 0.333. The molecule has 0 unspecified atom stereocenters. The van der Waals surface area contributed by atoms with Gasteiger partial charge in [0.2, 0.25) is 0 Å². The third-order valence-corrected chi connectivity index (χ3v) is 12.8. The lowest BCUT2D eigenvalue weighted by Gasteiger charge is -2.62. The summed E-state index contributed by atoms with van der Waals surface area (Å²) in [6.45, 7) is 12.4. The summed E-state index contributed by atoms with van der Waals surface area (Å²) in [7, 11) is 1.31. The molecule has 8 rings (SSSR count). The minimum Gasteiger partial charge on any atom is -0.466 e. The molecule has 0 aromatic rings. The van der Waals surface area contributed by atoms with E-state index in [2.05, 4.69) is 13.5 Å². The van der Waals surface area contributed by atoms with Gasteiger partial charge in [-0.05, 0) is 85.7 Å². The van der Waals surface area contributed by atoms with Crippen molar-refractivity contribution in [1.29, 1.82) is 0 Å². The Morgan fingerprint density at radius 1 is 1.14 bits per heavy atom. The van der Waals surface area contributed by atoms with Crippen LogP contribution in [0.25, 0.3) is 0 Å². The first-order valence-electron chi connectivity index (χ1n) is 13.8. The van der Waals surface area contributed by atoms with E-state index in [4.69, 9.17) is 9.47 Å². The zero-order valence-electron chi connectivity index (χ0n) is 22.1. The molecule has 0 aromatic heterocycles. The minimum atomic E-state index is -1.22. The largest absolute Gasteiger partial charge is 0.466 e. The summed E-state index contributed by atoms with van der Waals surface area (Å²) in [5.41, 5.74) is 4.08. The van der Waals surface area contributed by atoms with Crippen LogP contribution in [0.4, 0.5) is 0 Å². The molecule has 1 N–H and O–H groups in total. The number of aliphatic hydroxyl groups is 1. The number of esters is 2. The van der Waals surface area contributed by atoms with E-state index in [1.165, 1.54) is 18.3 Å². The number of hydrogen-bond donors (Lipinski definition) is 1. The monoisotopic (exact) mass is 502 g/mol. The van der Waals surface area contributed by atoms with Gasteiger partial charge in [0.25, 0.3) is 0 Å². The molecule has 0 radical (unpaired) electrons. The van der Waals surface area contributed by atoms with E-state index in [-0.39, 0.29) is 34.7 Å². The average Bonchev–Trinajstić information content (AvgIpc) is 3.77. The maximum absolute atomic E-state index is 14.1. The molecule has 6 heteroatoms. The third-order valence-electron chi connectivity index (χ3n) is 12.8. The summed E-state index contributed by atoms with van der Waals surface area (Å²) < 4.78 is 11.7. The predicted molar refractivity (Wildman–Crippen MR) is 133 cm³/mol. The summed E-state index contributed by atoms with van der Waals surface area (Å²) in [5, 5.41) is 11.6. The molecule has 5 saturated carbocycles. The summed E-state index contributed by atoms with van der Waals surface area (Å²) >= 11 is 0. The Morgan fingerprint density at radius 2 is 1.84 bits per heavy atom. The second-order valence-corrected chi connectivity index (χ2v) is 13.6. The van der Waals surface area contributed by atoms with Crippen LogP contribution in [0, 0.1) is 52.3 Å². The lowest BCUT2D eigenvalue weighted by atomic mass is 9.42. The van der Waals surface area contributed by atoms with Crippen molar-refractivity contribution < 1.29 is 29.0 Å². The number of methoxy groups -OCH3 is 1. The number of Topliss-reactive ketones (excluding diaryl/α,β-unsaturated/α-hetero) is 1. The third kappa shape index (κ3) is 2.08. The molecular formula is C31H34O6. The topological polar surface area (TPSA) is 89.9 Å². The van der Waals surface area contributed by atoms with Crippen LogP contribution >= 0.6 is 0 Å². The highest BCUT2D eigenvalue weighted by Gasteiger charge is 2.80. The SMILES string of the molecule is C=C1[C@H]2C[C@H]2[C@]2(C)[C@@H]3CC4=C5[C@H](C(=C(C)C(=O)OC)C(=O)[C@H](O)[C@@]5(C)[C@@H]5C[C@H]45)[C@@]34OC(=O)C(C)=C4C[C@@H]12. The molecule has 1 spiro atoms. The number of hydrogen-bond acceptors (Lipinski definition) is 6. The molecule has 37 heavy (non-hydrogen) atoms. The van der Waals surface area contributed by atoms with Gasteiger partial charge in [-0.25, -0.2) is 9.59 Å². The van der Waals surface area contributed by atoms with Crippen molar-refractivity contribution >= 4 is 17.7 Å². The van der Waals surface area contributed by atoms with Crippen LogP contribution in [0.3, 0.4) is 0 Å². The van der Waals surface area contributed by atoms with Crippen molar-refractivity contribution in [3.63, 3.8) is 0 Å². The molecule has 1 heterocycles. The van der Waals surface area contributed by atoms with Crippen LogP contribution in [-0.2, 0) is 23.9 Å². The van der Waals surface area contributed by atoms with Crippen molar-refractivity contribution in [2.45, 2.75) is 65.1 Å². The van der Waals surface area contributed by atoms with Crippen LogP contribution in [0.5, 0.6) is 0 Å². The molecular weight excluding hydrogens is 468 g/mol. The molecule has 194 valence electrons. The van der Waals surface area contributed by atoms with Gasteiger partial charge >= 0.3 is 11.9 Å². The molecule has 7 aliphatic carbocycles. The summed E-state index contributed by atoms with van der Waals surface area (Å²) in [4.78, 5) is 40.5. The van der Waals surface area contributed by atoms with Crippen molar-refractivity contribution in [3.8, 4) is 0 Å². The van der Waals surface area contributed by atoms with Gasteiger partial charge in [-0.15, -0.1) is 0 Å². The fourth-order valence-corrected chi connectivity index (χ4v) is 11.0. The van der Waals surface area contributed by atoms with E-state index in [9.17, 15) is 19.5 Å². The van der Waals surface area contributed by atoms with Crippen molar-refractivity contribution in [3.05, 3.63) is 45.6 Å². The van der Waals surface area contributed by atoms with Gasteiger partial charge in [0.05, 0.1) is 13.0 Å². The highest BCUT2D eigenvalue weighted by Crippen LogP contribution is 2.82. The fourth-order valence-electron chi connectivity index (χ4n) is 11.0. The Balaban J connectivity index is 1.47. The van der Waals surface area contributed by atoms with Crippen LogP contribution in [0.2, 0.25) is 0 Å². The second kappa shape index (κ2) is 6.22. The van der Waals surface area contributed by atoms with Gasteiger partial charge in [0.1, 0.15) is 11.7 Å². The van der Waals surface area contributed by atoms with E-state index in [1.54, 1.807) is 6.92 Å². The average molecular weight is 503 g/mol. The molecule has 8 aliphatic rings. The zero-order valence-corrected chi connectivity index (χ0v) is 22.1. The molecule has 11 atom stereocenters. The van der Waals surface area contributed by atoms with E-state index >= 15 is 0 Å². The fraction of sp³-hybridized carbons (Fsp3) is 0.645. The van der Waals surface area contributed by atoms with Gasteiger partial charge in [0, 0.05) is 28.1 Å². The first kappa shape index (κ1) is 22.5. The number of carbonyl (C=O) groups is 3. The highest BCUT2D eigenvalue weighted by molar-refractivity contribution is 6.09. The molecule has 0 amide bonds. The van der Waals surface area contributed by atoms with Gasteiger partial charge in [-0.3, -0.25) is 4.79 Å². The zero-order chi connectivity index (χ0) is 26.1. The van der Waals surface area contributed by atoms with E-state index in [0.29, 0.717) is 35.3 Å². The maximum Gasteiger partial charge on any atom is 0.334 e. The summed E-state index contributed by atoms with van der Waals surface area (Å²) in [5.74, 6) is 0.0426. The molecule has 6 nitrogen and oxygen atoms in total. The predicted octanol–water partition coefficient (Wildman–Crippen LogP) is 3.85. The lowest BCUT2D eigenvalue weighted by Crippen LogP contribution is -2.65. The number of aliphatic hydroxyl groups excluding tert-OH is 1. The minimum absolute atomic E-state index is 0.000222. The molecule has 0 bridgehead atoms. The van der Waals surface area contributed by atoms with Gasteiger partial charge in [0.15, 0.2) is 5.78 Å². The molecule has 1 aliphatic heterocycles. The Kier molecular flexibility index (Phi) is 3.78. The van der Waals surface area contributed by atoms with Crippen LogP contribution in [0.1, 0.15) is 53.4 Å². The molecule has 0 saturated heterocycles. The number of carbonyl (C=O) groups excluding carboxylic acids is 3. The van der Waals surface area contributed by atoms with Gasteiger partial charge in [-0.2, -0.15) is 0 Å².